The van der Waals surface area contributed by atoms with Crippen LogP contribution in [0, 0.1) is 12.7 Å². The molecule has 10 nitrogen and oxygen atoms in total. The van der Waals surface area contributed by atoms with Crippen molar-refractivity contribution in [2.75, 3.05) is 42.1 Å². The van der Waals surface area contributed by atoms with E-state index >= 15 is 4.39 Å². The maximum atomic E-state index is 15.3. The number of nitrogens with zero attached hydrogens (tertiary/aromatic N) is 4. The van der Waals surface area contributed by atoms with E-state index in [9.17, 15) is 14.7 Å². The normalized spacial score (nSPS) is 17.8. The van der Waals surface area contributed by atoms with Crippen LogP contribution in [0.1, 0.15) is 22.5 Å². The summed E-state index contributed by atoms with van der Waals surface area (Å²) in [6.45, 7) is 2.96. The Labute approximate surface area is 175 Å². The fourth-order valence-corrected chi connectivity index (χ4v) is 4.18. The fraction of sp³-hybridized carbons (Fsp3) is 0.350. The molecule has 4 heterocycles. The molecule has 1 fully saturated rings. The molecule has 2 N–H and O–H groups in total. The zero-order valence-electron chi connectivity index (χ0n) is 16.9. The lowest BCUT2D eigenvalue weighted by Gasteiger charge is -2.33. The van der Waals surface area contributed by atoms with Crippen LogP contribution in [-0.2, 0) is 0 Å². The Hall–Kier alpha value is -3.76. The van der Waals surface area contributed by atoms with Crippen LogP contribution in [0.4, 0.5) is 16.0 Å². The van der Waals surface area contributed by atoms with Gasteiger partial charge in [-0.05, 0) is 19.4 Å². The molecular formula is C20H20FN5O5. The molecule has 1 atom stereocenters. The second-order valence-corrected chi connectivity index (χ2v) is 7.79. The summed E-state index contributed by atoms with van der Waals surface area (Å²) in [7, 11) is 1.69. The van der Waals surface area contributed by atoms with Crippen LogP contribution in [-0.4, -0.2) is 53.8 Å². The Bertz CT molecular complexity index is 1270. The lowest BCUT2D eigenvalue weighted by atomic mass is 10.1. The van der Waals surface area contributed by atoms with Gasteiger partial charge >= 0.3 is 5.97 Å². The molecule has 11 heteroatoms. The van der Waals surface area contributed by atoms with Crippen LogP contribution >= 0.6 is 0 Å². The molecule has 31 heavy (non-hydrogen) atoms. The summed E-state index contributed by atoms with van der Waals surface area (Å²) in [6.07, 6.45) is 1.99. The number of rotatable bonds is 4. The van der Waals surface area contributed by atoms with Gasteiger partial charge in [0.15, 0.2) is 18.3 Å². The zero-order valence-corrected chi connectivity index (χ0v) is 16.9. The van der Waals surface area contributed by atoms with Crippen LogP contribution in [0.2, 0.25) is 0 Å². The predicted molar refractivity (Wildman–Crippen MR) is 110 cm³/mol. The number of carbonyl (C=O) groups is 1. The van der Waals surface area contributed by atoms with Crippen molar-refractivity contribution in [3.8, 4) is 5.75 Å². The summed E-state index contributed by atoms with van der Waals surface area (Å²) in [5.74, 6) is -1.21. The maximum absolute atomic E-state index is 15.3. The number of aryl methyl sites for hydroxylation is 1. The van der Waals surface area contributed by atoms with Gasteiger partial charge in [-0.3, -0.25) is 14.5 Å². The predicted octanol–water partition coefficient (Wildman–Crippen LogP) is 1.74. The van der Waals surface area contributed by atoms with Gasteiger partial charge in [0.05, 0.1) is 11.1 Å². The largest absolute Gasteiger partial charge is 0.477 e. The standard InChI is InChI=1S/C20H20FN5O5/c1-10-5-15(31-23-10)22-11-3-4-25(7-11)17-14(21)6-12-16-19(17)30-9-24(2)26(16)8-13(18(12)27)20(28)29/h5-6,8,11,22H,3-4,7,9H2,1-2H3,(H,28,29)/t11-/m1/s1. The fourth-order valence-electron chi connectivity index (χ4n) is 4.18. The van der Waals surface area contributed by atoms with Crippen molar-refractivity contribution in [3.05, 3.63) is 45.6 Å². The van der Waals surface area contributed by atoms with Crippen LogP contribution in [0.5, 0.6) is 5.75 Å². The third kappa shape index (κ3) is 3.04. The van der Waals surface area contributed by atoms with Crippen molar-refractivity contribution in [1.82, 2.24) is 9.83 Å². The molecule has 2 aromatic heterocycles. The highest BCUT2D eigenvalue weighted by Gasteiger charge is 2.33. The highest BCUT2D eigenvalue weighted by atomic mass is 19.1. The molecule has 162 valence electrons. The van der Waals surface area contributed by atoms with Crippen LogP contribution in [0.25, 0.3) is 10.9 Å². The van der Waals surface area contributed by atoms with E-state index in [4.69, 9.17) is 9.26 Å². The van der Waals surface area contributed by atoms with Gasteiger partial charge in [-0.1, -0.05) is 5.16 Å². The number of nitrogens with one attached hydrogen (secondary N) is 1. The monoisotopic (exact) mass is 429 g/mol. The first-order valence-electron chi connectivity index (χ1n) is 9.77. The molecule has 3 aromatic rings. The molecule has 0 bridgehead atoms. The minimum atomic E-state index is -1.36. The third-order valence-electron chi connectivity index (χ3n) is 5.63. The number of ether oxygens (including phenoxy) is 1. The topological polar surface area (TPSA) is 113 Å². The second kappa shape index (κ2) is 6.89. The quantitative estimate of drug-likeness (QED) is 0.640. The SMILES string of the molecule is Cc1cc(N[C@@H]2CCN(c3c(F)cc4c(=O)c(C(=O)O)cn5c4c3OCN5C)C2)on1. The minimum absolute atomic E-state index is 0.0116. The van der Waals surface area contributed by atoms with Gasteiger partial charge < -0.3 is 24.6 Å². The molecule has 0 unspecified atom stereocenters. The van der Waals surface area contributed by atoms with E-state index in [1.165, 1.54) is 10.9 Å². The Morgan fingerprint density at radius 1 is 1.39 bits per heavy atom. The summed E-state index contributed by atoms with van der Waals surface area (Å²) < 4.78 is 27.8. The van der Waals surface area contributed by atoms with Gasteiger partial charge in [0.1, 0.15) is 16.8 Å². The highest BCUT2D eigenvalue weighted by Crippen LogP contribution is 2.41. The van der Waals surface area contributed by atoms with Crippen LogP contribution in [0.3, 0.4) is 0 Å². The van der Waals surface area contributed by atoms with Crippen molar-refractivity contribution in [2.24, 2.45) is 0 Å². The molecule has 5 rings (SSSR count). The average molecular weight is 429 g/mol. The van der Waals surface area contributed by atoms with Crippen molar-refractivity contribution < 1.29 is 23.6 Å². The number of hydrogen-bond acceptors (Lipinski definition) is 8. The summed E-state index contributed by atoms with van der Waals surface area (Å²) in [6, 6.07) is 2.90. The number of anilines is 2. The number of aromatic nitrogens is 2. The smallest absolute Gasteiger partial charge is 0.341 e. The Morgan fingerprint density at radius 2 is 2.19 bits per heavy atom. The molecule has 1 saturated heterocycles. The molecule has 0 radical (unpaired) electrons. The average Bonchev–Trinajstić information content (AvgIpc) is 3.34. The van der Waals surface area contributed by atoms with E-state index in [0.717, 1.165) is 18.2 Å². The summed E-state index contributed by atoms with van der Waals surface area (Å²) in [5.41, 5.74) is 0.203. The summed E-state index contributed by atoms with van der Waals surface area (Å²) in [4.78, 5) is 26.1. The molecule has 0 spiro atoms. The van der Waals surface area contributed by atoms with Gasteiger partial charge in [-0.15, -0.1) is 0 Å². The number of carboxylic acid groups (broad SMARTS) is 1. The minimum Gasteiger partial charge on any atom is -0.477 e. The highest BCUT2D eigenvalue weighted by molar-refractivity contribution is 5.97. The van der Waals surface area contributed by atoms with Gasteiger partial charge in [-0.25, -0.2) is 9.18 Å². The van der Waals surface area contributed by atoms with E-state index in [0.29, 0.717) is 24.5 Å². The molecule has 2 aliphatic heterocycles. The molecule has 0 saturated carbocycles. The summed E-state index contributed by atoms with van der Waals surface area (Å²) in [5, 5.41) is 18.1. The van der Waals surface area contributed by atoms with Crippen LogP contribution < -0.4 is 25.4 Å². The number of carboxylic acids is 1. The van der Waals surface area contributed by atoms with Crippen molar-refractivity contribution in [2.45, 2.75) is 19.4 Å². The Balaban J connectivity index is 1.58. The van der Waals surface area contributed by atoms with Gasteiger partial charge in [0.2, 0.25) is 11.3 Å². The van der Waals surface area contributed by atoms with Crippen molar-refractivity contribution in [1.29, 1.82) is 0 Å². The van der Waals surface area contributed by atoms with Crippen molar-refractivity contribution in [3.63, 3.8) is 0 Å². The van der Waals surface area contributed by atoms with Gasteiger partial charge in [0.25, 0.3) is 0 Å². The van der Waals surface area contributed by atoms with E-state index < -0.39 is 22.8 Å². The van der Waals surface area contributed by atoms with Gasteiger partial charge in [-0.2, -0.15) is 0 Å². The third-order valence-corrected chi connectivity index (χ3v) is 5.63. The number of aromatic carboxylic acids is 1. The first kappa shape index (κ1) is 19.2. The van der Waals surface area contributed by atoms with Crippen molar-refractivity contribution >= 4 is 28.4 Å². The first-order valence-corrected chi connectivity index (χ1v) is 9.77. The molecule has 1 aromatic carbocycles. The number of hydrogen-bond donors (Lipinski definition) is 2. The molecule has 0 amide bonds. The lowest BCUT2D eigenvalue weighted by Crippen LogP contribution is -2.40. The van der Waals surface area contributed by atoms with E-state index in [1.54, 1.807) is 18.1 Å². The number of benzene rings is 1. The second-order valence-electron chi connectivity index (χ2n) is 7.79. The Kier molecular flexibility index (Phi) is 4.27. The summed E-state index contributed by atoms with van der Waals surface area (Å²) >= 11 is 0. The lowest BCUT2D eigenvalue weighted by molar-refractivity contribution is 0.0694. The number of halogens is 1. The maximum Gasteiger partial charge on any atom is 0.341 e. The zero-order chi connectivity index (χ0) is 21.9. The molecular weight excluding hydrogens is 409 g/mol. The molecule has 2 aliphatic rings. The van der Waals surface area contributed by atoms with Crippen LogP contribution in [0.15, 0.2) is 27.6 Å². The first-order chi connectivity index (χ1) is 14.8. The van der Waals surface area contributed by atoms with E-state index in [1.807, 2.05) is 11.8 Å². The Morgan fingerprint density at radius 3 is 2.90 bits per heavy atom. The molecule has 0 aliphatic carbocycles. The van der Waals surface area contributed by atoms with Gasteiger partial charge in [0, 0.05) is 38.4 Å². The van der Waals surface area contributed by atoms with E-state index in [2.05, 4.69) is 10.5 Å². The number of pyridine rings is 1. The van der Waals surface area contributed by atoms with E-state index in [-0.39, 0.29) is 29.6 Å².